The SMILES string of the molecule is CC(C)CNC(C)(C(=O)O)c1ccc(Br)cc1Cl. The summed E-state index contributed by atoms with van der Waals surface area (Å²) in [6.07, 6.45) is 0. The van der Waals surface area contributed by atoms with Crippen molar-refractivity contribution < 1.29 is 9.90 Å². The highest BCUT2D eigenvalue weighted by Gasteiger charge is 2.36. The Morgan fingerprint density at radius 3 is 2.61 bits per heavy atom. The molecule has 2 N–H and O–H groups in total. The van der Waals surface area contributed by atoms with Crippen LogP contribution in [0.5, 0.6) is 0 Å². The average molecular weight is 335 g/mol. The monoisotopic (exact) mass is 333 g/mol. The van der Waals surface area contributed by atoms with Gasteiger partial charge in [-0.25, -0.2) is 4.79 Å². The fourth-order valence-corrected chi connectivity index (χ4v) is 2.45. The summed E-state index contributed by atoms with van der Waals surface area (Å²) in [4.78, 5) is 11.5. The number of hydrogen-bond donors (Lipinski definition) is 2. The van der Waals surface area contributed by atoms with Crippen molar-refractivity contribution in [3.8, 4) is 0 Å². The Morgan fingerprint density at radius 2 is 2.17 bits per heavy atom. The number of carboxylic acids is 1. The number of hydrogen-bond acceptors (Lipinski definition) is 2. The van der Waals surface area contributed by atoms with Gasteiger partial charge in [0.2, 0.25) is 0 Å². The minimum absolute atomic E-state index is 0.359. The molecule has 5 heteroatoms. The number of carboxylic acid groups (broad SMARTS) is 1. The molecule has 0 amide bonds. The largest absolute Gasteiger partial charge is 0.480 e. The average Bonchev–Trinajstić information content (AvgIpc) is 2.25. The highest BCUT2D eigenvalue weighted by Crippen LogP contribution is 2.31. The lowest BCUT2D eigenvalue weighted by atomic mass is 9.91. The predicted octanol–water partition coefficient (Wildman–Crippen LogP) is 3.65. The summed E-state index contributed by atoms with van der Waals surface area (Å²) in [7, 11) is 0. The molecule has 0 bridgehead atoms. The van der Waals surface area contributed by atoms with Gasteiger partial charge in [0.15, 0.2) is 0 Å². The molecule has 0 aliphatic rings. The first-order valence-electron chi connectivity index (χ1n) is 5.71. The van der Waals surface area contributed by atoms with Crippen LogP contribution in [0.3, 0.4) is 0 Å². The maximum absolute atomic E-state index is 11.5. The van der Waals surface area contributed by atoms with E-state index in [1.54, 1.807) is 25.1 Å². The Hall–Kier alpha value is -0.580. The minimum Gasteiger partial charge on any atom is -0.480 e. The predicted molar refractivity (Wildman–Crippen MR) is 77.0 cm³/mol. The van der Waals surface area contributed by atoms with Gasteiger partial charge in [0, 0.05) is 15.1 Å². The first-order chi connectivity index (χ1) is 8.27. The minimum atomic E-state index is -1.18. The van der Waals surface area contributed by atoms with Crippen LogP contribution < -0.4 is 5.32 Å². The zero-order chi connectivity index (χ0) is 13.9. The molecule has 1 rings (SSSR count). The summed E-state index contributed by atoms with van der Waals surface area (Å²) in [6.45, 7) is 6.29. The third-order valence-corrected chi connectivity index (χ3v) is 3.57. The van der Waals surface area contributed by atoms with Gasteiger partial charge in [-0.1, -0.05) is 47.4 Å². The first-order valence-corrected chi connectivity index (χ1v) is 6.88. The summed E-state index contributed by atoms with van der Waals surface area (Å²) in [6, 6.07) is 5.22. The van der Waals surface area contributed by atoms with Gasteiger partial charge in [0.1, 0.15) is 5.54 Å². The van der Waals surface area contributed by atoms with E-state index < -0.39 is 11.5 Å². The molecule has 0 aliphatic carbocycles. The first kappa shape index (κ1) is 15.5. The normalized spacial score (nSPS) is 14.6. The number of carbonyl (C=O) groups is 1. The van der Waals surface area contributed by atoms with Crippen LogP contribution in [0.4, 0.5) is 0 Å². The Morgan fingerprint density at radius 1 is 1.56 bits per heavy atom. The quantitative estimate of drug-likeness (QED) is 0.864. The second-order valence-corrected chi connectivity index (χ2v) is 6.15. The Kier molecular flexibility index (Phi) is 5.20. The fourth-order valence-electron chi connectivity index (χ4n) is 1.59. The molecule has 0 aliphatic heterocycles. The van der Waals surface area contributed by atoms with Crippen LogP contribution in [0.2, 0.25) is 5.02 Å². The van der Waals surface area contributed by atoms with Gasteiger partial charge in [-0.2, -0.15) is 0 Å². The van der Waals surface area contributed by atoms with Gasteiger partial charge in [0.25, 0.3) is 0 Å². The van der Waals surface area contributed by atoms with E-state index in [9.17, 15) is 9.90 Å². The summed E-state index contributed by atoms with van der Waals surface area (Å²) < 4.78 is 0.827. The lowest BCUT2D eigenvalue weighted by Gasteiger charge is -2.28. The van der Waals surface area contributed by atoms with E-state index in [0.717, 1.165) is 4.47 Å². The van der Waals surface area contributed by atoms with Crippen LogP contribution in [0.15, 0.2) is 22.7 Å². The van der Waals surface area contributed by atoms with E-state index in [0.29, 0.717) is 23.0 Å². The van der Waals surface area contributed by atoms with Gasteiger partial charge in [-0.05, 0) is 31.5 Å². The van der Waals surface area contributed by atoms with Crippen molar-refractivity contribution in [2.45, 2.75) is 26.3 Å². The third kappa shape index (κ3) is 3.46. The Balaban J connectivity index is 3.14. The number of rotatable bonds is 5. The lowest BCUT2D eigenvalue weighted by Crippen LogP contribution is -2.48. The molecule has 0 saturated carbocycles. The summed E-state index contributed by atoms with van der Waals surface area (Å²) in [5.74, 6) is -0.578. The molecular formula is C13H17BrClNO2. The molecule has 0 spiro atoms. The Bertz CT molecular complexity index is 451. The van der Waals surface area contributed by atoms with Crippen LogP contribution in [0, 0.1) is 5.92 Å². The second-order valence-electron chi connectivity index (χ2n) is 4.83. The van der Waals surface area contributed by atoms with Crippen molar-refractivity contribution in [2.75, 3.05) is 6.54 Å². The van der Waals surface area contributed by atoms with E-state index in [-0.39, 0.29) is 0 Å². The zero-order valence-electron chi connectivity index (χ0n) is 10.6. The molecule has 100 valence electrons. The Labute approximate surface area is 121 Å². The van der Waals surface area contributed by atoms with Gasteiger partial charge in [-0.3, -0.25) is 5.32 Å². The molecule has 0 saturated heterocycles. The molecule has 0 heterocycles. The van der Waals surface area contributed by atoms with Crippen LogP contribution in [0.1, 0.15) is 26.3 Å². The smallest absolute Gasteiger partial charge is 0.328 e. The van der Waals surface area contributed by atoms with E-state index >= 15 is 0 Å². The standard InChI is InChI=1S/C13H17BrClNO2/c1-8(2)7-16-13(3,12(17)18)10-5-4-9(14)6-11(10)15/h4-6,8,16H,7H2,1-3H3,(H,17,18). The van der Waals surface area contributed by atoms with Crippen molar-refractivity contribution in [1.82, 2.24) is 5.32 Å². The van der Waals surface area contributed by atoms with Crippen LogP contribution >= 0.6 is 27.5 Å². The van der Waals surface area contributed by atoms with Crippen molar-refractivity contribution >= 4 is 33.5 Å². The molecule has 0 fully saturated rings. The number of nitrogens with one attached hydrogen (secondary N) is 1. The molecule has 1 unspecified atom stereocenters. The molecule has 0 aromatic heterocycles. The number of aliphatic carboxylic acids is 1. The van der Waals surface area contributed by atoms with Gasteiger partial charge in [0.05, 0.1) is 0 Å². The topological polar surface area (TPSA) is 49.3 Å². The van der Waals surface area contributed by atoms with Gasteiger partial charge >= 0.3 is 5.97 Å². The highest BCUT2D eigenvalue weighted by molar-refractivity contribution is 9.10. The lowest BCUT2D eigenvalue weighted by molar-refractivity contribution is -0.144. The highest BCUT2D eigenvalue weighted by atomic mass is 79.9. The van der Waals surface area contributed by atoms with Crippen LogP contribution in [-0.4, -0.2) is 17.6 Å². The van der Waals surface area contributed by atoms with Crippen LogP contribution in [0.25, 0.3) is 0 Å². The summed E-state index contributed by atoms with van der Waals surface area (Å²) >= 11 is 9.45. The van der Waals surface area contributed by atoms with Gasteiger partial charge < -0.3 is 5.11 Å². The third-order valence-electron chi connectivity index (χ3n) is 2.76. The van der Waals surface area contributed by atoms with Crippen molar-refractivity contribution in [2.24, 2.45) is 5.92 Å². The fraction of sp³-hybridized carbons (Fsp3) is 0.462. The van der Waals surface area contributed by atoms with E-state index in [1.807, 2.05) is 13.8 Å². The zero-order valence-corrected chi connectivity index (χ0v) is 13.0. The van der Waals surface area contributed by atoms with Crippen molar-refractivity contribution in [3.05, 3.63) is 33.3 Å². The summed E-state index contributed by atoms with van der Waals surface area (Å²) in [5, 5.41) is 13.0. The van der Waals surface area contributed by atoms with E-state index in [2.05, 4.69) is 21.2 Å². The van der Waals surface area contributed by atoms with E-state index in [4.69, 9.17) is 11.6 Å². The molecule has 1 aromatic rings. The van der Waals surface area contributed by atoms with Crippen molar-refractivity contribution in [3.63, 3.8) is 0 Å². The molecule has 0 radical (unpaired) electrons. The number of benzene rings is 1. The van der Waals surface area contributed by atoms with Gasteiger partial charge in [-0.15, -0.1) is 0 Å². The maximum Gasteiger partial charge on any atom is 0.328 e. The molecular weight excluding hydrogens is 318 g/mol. The van der Waals surface area contributed by atoms with E-state index in [1.165, 1.54) is 0 Å². The number of halogens is 2. The molecule has 3 nitrogen and oxygen atoms in total. The molecule has 18 heavy (non-hydrogen) atoms. The van der Waals surface area contributed by atoms with Crippen LogP contribution in [-0.2, 0) is 10.3 Å². The maximum atomic E-state index is 11.5. The molecule has 1 atom stereocenters. The van der Waals surface area contributed by atoms with Crippen molar-refractivity contribution in [1.29, 1.82) is 0 Å². The second kappa shape index (κ2) is 6.04. The summed E-state index contributed by atoms with van der Waals surface area (Å²) in [5.41, 5.74) is -0.609. The molecule has 1 aromatic carbocycles.